The molecule has 1 fully saturated rings. The first kappa shape index (κ1) is 16.8. The van der Waals surface area contributed by atoms with E-state index in [4.69, 9.17) is 4.74 Å². The highest BCUT2D eigenvalue weighted by molar-refractivity contribution is 9.11. The molecule has 6 heteroatoms. The van der Waals surface area contributed by atoms with E-state index in [0.717, 1.165) is 52.9 Å². The molecule has 1 aromatic rings. The average Bonchev–Trinajstić information content (AvgIpc) is 2.45. The number of ether oxygens (including phenoxy) is 1. The summed E-state index contributed by atoms with van der Waals surface area (Å²) in [6, 6.07) is 4.04. The lowest BCUT2D eigenvalue weighted by atomic mass is 10.2. The molecule has 1 aliphatic rings. The zero-order chi connectivity index (χ0) is 15.2. The molecule has 4 nitrogen and oxygen atoms in total. The van der Waals surface area contributed by atoms with Crippen LogP contribution in [-0.2, 0) is 0 Å². The fraction of sp³-hybridized carbons (Fsp3) is 0.533. The van der Waals surface area contributed by atoms with Gasteiger partial charge in [-0.15, -0.1) is 0 Å². The molecule has 0 bridgehead atoms. The van der Waals surface area contributed by atoms with Crippen LogP contribution in [0.2, 0.25) is 0 Å². The second-order valence-corrected chi connectivity index (χ2v) is 7.08. The largest absolute Gasteiger partial charge is 0.492 e. The van der Waals surface area contributed by atoms with Gasteiger partial charge in [0.15, 0.2) is 0 Å². The number of hydrazone groups is 1. The Labute approximate surface area is 143 Å². The number of hydrogen-bond acceptors (Lipinski definition) is 3. The topological polar surface area (TPSA) is 29.3 Å². The van der Waals surface area contributed by atoms with Gasteiger partial charge in [-0.2, -0.15) is 5.10 Å². The smallest absolute Gasteiger partial charge is 0.142 e. The highest BCUT2D eigenvalue weighted by Gasteiger charge is 2.15. The molecule has 0 aromatic heterocycles. The quantitative estimate of drug-likeness (QED) is 0.741. The van der Waals surface area contributed by atoms with Gasteiger partial charge in [0.1, 0.15) is 5.75 Å². The summed E-state index contributed by atoms with van der Waals surface area (Å²) in [5, 5.41) is 6.74. The van der Waals surface area contributed by atoms with E-state index in [-0.39, 0.29) is 0 Å². The van der Waals surface area contributed by atoms with Crippen molar-refractivity contribution >= 4 is 38.1 Å². The van der Waals surface area contributed by atoms with E-state index in [1.165, 1.54) is 0 Å². The molecule has 116 valence electrons. The van der Waals surface area contributed by atoms with Gasteiger partial charge >= 0.3 is 0 Å². The summed E-state index contributed by atoms with van der Waals surface area (Å²) < 4.78 is 7.82. The summed E-state index contributed by atoms with van der Waals surface area (Å²) in [5.74, 6) is 0.864. The molecule has 0 radical (unpaired) electrons. The zero-order valence-electron chi connectivity index (χ0n) is 12.5. The molecular formula is C15H22Br2N3O+. The molecule has 0 amide bonds. The Hall–Kier alpha value is -0.590. The molecular weight excluding hydrogens is 398 g/mol. The average molecular weight is 420 g/mol. The van der Waals surface area contributed by atoms with Crippen molar-refractivity contribution in [3.05, 3.63) is 26.6 Å². The lowest BCUT2D eigenvalue weighted by Gasteiger charge is -2.27. The third-order valence-corrected chi connectivity index (χ3v) is 4.49. The monoisotopic (exact) mass is 418 g/mol. The molecule has 0 unspecified atom stereocenters. The van der Waals surface area contributed by atoms with Gasteiger partial charge in [-0.3, -0.25) is 5.01 Å². The van der Waals surface area contributed by atoms with E-state index in [9.17, 15) is 0 Å². The number of nitrogens with zero attached hydrogens (tertiary/aromatic N) is 2. The molecule has 21 heavy (non-hydrogen) atoms. The minimum atomic E-state index is 0.707. The first-order chi connectivity index (χ1) is 10.1. The predicted octanol–water partition coefficient (Wildman–Crippen LogP) is 2.16. The minimum Gasteiger partial charge on any atom is -0.492 e. The maximum atomic E-state index is 5.85. The van der Waals surface area contributed by atoms with Gasteiger partial charge < -0.3 is 9.64 Å². The predicted molar refractivity (Wildman–Crippen MR) is 93.4 cm³/mol. The van der Waals surface area contributed by atoms with Crippen LogP contribution >= 0.6 is 31.9 Å². The van der Waals surface area contributed by atoms with E-state index in [2.05, 4.69) is 55.9 Å². The Kier molecular flexibility index (Phi) is 6.51. The number of piperazine rings is 1. The van der Waals surface area contributed by atoms with Crippen LogP contribution in [0.4, 0.5) is 0 Å². The number of benzene rings is 1. The van der Waals surface area contributed by atoms with Gasteiger partial charge in [0, 0.05) is 10.0 Å². The maximum absolute atomic E-state index is 5.85. The van der Waals surface area contributed by atoms with E-state index in [1.807, 2.05) is 18.3 Å². The molecule has 2 rings (SSSR count). The van der Waals surface area contributed by atoms with Crippen LogP contribution < -0.4 is 9.64 Å². The van der Waals surface area contributed by atoms with E-state index >= 15 is 0 Å². The number of nitrogens with one attached hydrogen (secondary N) is 1. The highest BCUT2D eigenvalue weighted by Crippen LogP contribution is 2.32. The Bertz CT molecular complexity index is 500. The summed E-state index contributed by atoms with van der Waals surface area (Å²) in [5.41, 5.74) is 0.996. The van der Waals surface area contributed by atoms with Crippen molar-refractivity contribution in [2.45, 2.75) is 13.3 Å². The number of rotatable bonds is 5. The summed E-state index contributed by atoms with van der Waals surface area (Å²) >= 11 is 7.09. The molecule has 1 N–H and O–H groups in total. The molecule has 0 aliphatic carbocycles. The minimum absolute atomic E-state index is 0.707. The number of likely N-dealkylation sites (N-methyl/N-ethyl adjacent to an activating group) is 1. The van der Waals surface area contributed by atoms with Gasteiger partial charge in [-0.05, 0) is 34.5 Å². The summed E-state index contributed by atoms with van der Waals surface area (Å²) in [7, 11) is 2.23. The Morgan fingerprint density at radius 1 is 1.33 bits per heavy atom. The molecule has 0 atom stereocenters. The summed E-state index contributed by atoms with van der Waals surface area (Å²) in [4.78, 5) is 1.57. The molecule has 1 saturated heterocycles. The van der Waals surface area contributed by atoms with Gasteiger partial charge in [0.2, 0.25) is 0 Å². The van der Waals surface area contributed by atoms with Crippen molar-refractivity contribution in [1.29, 1.82) is 0 Å². The fourth-order valence-corrected chi connectivity index (χ4v) is 3.54. The lowest BCUT2D eigenvalue weighted by Crippen LogP contribution is -3.11. The second-order valence-electron chi connectivity index (χ2n) is 5.31. The maximum Gasteiger partial charge on any atom is 0.142 e. The fourth-order valence-electron chi connectivity index (χ4n) is 2.17. The molecule has 1 aliphatic heterocycles. The van der Waals surface area contributed by atoms with Crippen LogP contribution in [0.3, 0.4) is 0 Å². The normalized spacial score (nSPS) is 16.7. The van der Waals surface area contributed by atoms with Crippen LogP contribution in [-0.4, -0.2) is 51.1 Å². The summed E-state index contributed by atoms with van der Waals surface area (Å²) in [6.07, 6.45) is 2.89. The van der Waals surface area contributed by atoms with Crippen molar-refractivity contribution in [2.24, 2.45) is 5.10 Å². The van der Waals surface area contributed by atoms with Crippen LogP contribution in [0, 0.1) is 0 Å². The number of hydrogen-bond donors (Lipinski definition) is 1. The molecule has 1 aromatic carbocycles. The van der Waals surface area contributed by atoms with Crippen LogP contribution in [0.5, 0.6) is 5.75 Å². The van der Waals surface area contributed by atoms with Crippen molar-refractivity contribution in [1.82, 2.24) is 5.01 Å². The van der Waals surface area contributed by atoms with Crippen molar-refractivity contribution < 1.29 is 9.64 Å². The van der Waals surface area contributed by atoms with E-state index < -0.39 is 0 Å². The van der Waals surface area contributed by atoms with Crippen LogP contribution in [0.25, 0.3) is 0 Å². The first-order valence-corrected chi connectivity index (χ1v) is 8.91. The SMILES string of the molecule is CCCOc1c(Br)cc(Br)cc1/C=N\N1CC[NH+](C)CC1. The van der Waals surface area contributed by atoms with Gasteiger partial charge in [-0.1, -0.05) is 22.9 Å². The van der Waals surface area contributed by atoms with Gasteiger partial charge in [-0.25, -0.2) is 0 Å². The first-order valence-electron chi connectivity index (χ1n) is 7.32. The lowest BCUT2D eigenvalue weighted by molar-refractivity contribution is -0.884. The van der Waals surface area contributed by atoms with Crippen molar-refractivity contribution in [2.75, 3.05) is 39.8 Å². The summed E-state index contributed by atoms with van der Waals surface area (Å²) in [6.45, 7) is 7.09. The van der Waals surface area contributed by atoms with Crippen molar-refractivity contribution in [3.63, 3.8) is 0 Å². The third kappa shape index (κ3) is 4.97. The highest BCUT2D eigenvalue weighted by atomic mass is 79.9. The van der Waals surface area contributed by atoms with Crippen LogP contribution in [0.1, 0.15) is 18.9 Å². The van der Waals surface area contributed by atoms with Gasteiger partial charge in [0.05, 0.1) is 50.5 Å². The Balaban J connectivity index is 2.13. The molecule has 1 heterocycles. The van der Waals surface area contributed by atoms with Crippen LogP contribution in [0.15, 0.2) is 26.2 Å². The Morgan fingerprint density at radius 3 is 2.71 bits per heavy atom. The molecule has 0 saturated carbocycles. The zero-order valence-corrected chi connectivity index (χ0v) is 15.7. The number of quaternary nitrogens is 1. The van der Waals surface area contributed by atoms with E-state index in [1.54, 1.807) is 4.90 Å². The third-order valence-electron chi connectivity index (χ3n) is 3.44. The number of halogens is 2. The molecule has 0 spiro atoms. The van der Waals surface area contributed by atoms with Crippen molar-refractivity contribution in [3.8, 4) is 5.75 Å². The van der Waals surface area contributed by atoms with Gasteiger partial charge in [0.25, 0.3) is 0 Å². The van der Waals surface area contributed by atoms with E-state index in [0.29, 0.717) is 6.61 Å². The standard InChI is InChI=1S/C15H21Br2N3O/c1-3-8-21-15-12(9-13(16)10-14(15)17)11-18-20-6-4-19(2)5-7-20/h9-11H,3-8H2,1-2H3/p+1/b18-11-. The Morgan fingerprint density at radius 2 is 2.05 bits per heavy atom. The second kappa shape index (κ2) is 8.15.